The Morgan fingerprint density at radius 3 is 2.71 bits per heavy atom. The summed E-state index contributed by atoms with van der Waals surface area (Å²) in [6, 6.07) is 0. The molecule has 88 valence electrons. The Balaban J connectivity index is 1.94. The van der Waals surface area contributed by atoms with Crippen molar-refractivity contribution in [1.29, 1.82) is 0 Å². The van der Waals surface area contributed by atoms with Gasteiger partial charge < -0.3 is 10.3 Å². The van der Waals surface area contributed by atoms with Crippen LogP contribution in [-0.2, 0) is 0 Å². The average Bonchev–Trinajstić information content (AvgIpc) is 2.76. The molecule has 1 fully saturated rings. The first-order chi connectivity index (χ1) is 8.08. The lowest BCUT2D eigenvalue weighted by molar-refractivity contribution is 0.418. The van der Waals surface area contributed by atoms with Crippen molar-refractivity contribution < 1.29 is 4.52 Å². The second-order valence-electron chi connectivity index (χ2n) is 4.99. The molecule has 1 aliphatic rings. The number of hydrogen-bond acceptors (Lipinski definition) is 6. The van der Waals surface area contributed by atoms with Gasteiger partial charge in [0.05, 0.1) is 0 Å². The molecule has 0 spiro atoms. The average molecular weight is 231 g/mol. The van der Waals surface area contributed by atoms with Crippen LogP contribution in [0.3, 0.4) is 0 Å². The number of nitrogens with two attached hydrogens (primary N) is 1. The first-order valence-corrected chi connectivity index (χ1v) is 5.48. The fourth-order valence-electron chi connectivity index (χ4n) is 1.89. The van der Waals surface area contributed by atoms with Crippen molar-refractivity contribution in [2.75, 3.05) is 5.73 Å². The molecular weight excluding hydrogens is 218 g/mol. The largest absolute Gasteiger partial charge is 0.382 e. The molecule has 6 heteroatoms. The molecule has 6 nitrogen and oxygen atoms in total. The number of nitrogen functional groups attached to an aromatic ring is 1. The second kappa shape index (κ2) is 3.26. The number of aromatic nitrogens is 4. The zero-order chi connectivity index (χ0) is 12.0. The molecule has 1 unspecified atom stereocenters. The van der Waals surface area contributed by atoms with E-state index in [2.05, 4.69) is 34.0 Å². The van der Waals surface area contributed by atoms with Crippen LogP contribution in [0.2, 0.25) is 0 Å². The van der Waals surface area contributed by atoms with Gasteiger partial charge in [-0.15, -0.1) is 0 Å². The third-order valence-corrected chi connectivity index (χ3v) is 3.20. The van der Waals surface area contributed by atoms with Crippen LogP contribution in [-0.4, -0.2) is 20.1 Å². The van der Waals surface area contributed by atoms with Gasteiger partial charge in [0.2, 0.25) is 0 Å². The zero-order valence-electron chi connectivity index (χ0n) is 9.71. The third-order valence-electron chi connectivity index (χ3n) is 3.20. The molecule has 2 N–H and O–H groups in total. The highest BCUT2D eigenvalue weighted by Crippen LogP contribution is 2.57. The van der Waals surface area contributed by atoms with Gasteiger partial charge in [0.15, 0.2) is 17.3 Å². The van der Waals surface area contributed by atoms with E-state index >= 15 is 0 Å². The van der Waals surface area contributed by atoms with Crippen molar-refractivity contribution in [1.82, 2.24) is 20.1 Å². The number of anilines is 1. The molecule has 0 radical (unpaired) electrons. The van der Waals surface area contributed by atoms with Crippen LogP contribution >= 0.6 is 0 Å². The SMILES string of the molecule is CC1(C)CC1c1noc(-c2nccnc2N)n1. The molecule has 2 aromatic rings. The first kappa shape index (κ1) is 10.2. The smallest absolute Gasteiger partial charge is 0.280 e. The Kier molecular flexibility index (Phi) is 1.95. The summed E-state index contributed by atoms with van der Waals surface area (Å²) in [6.45, 7) is 4.37. The Bertz CT molecular complexity index is 562. The van der Waals surface area contributed by atoms with E-state index < -0.39 is 0 Å². The van der Waals surface area contributed by atoms with Crippen LogP contribution in [0.1, 0.15) is 32.0 Å². The molecule has 1 saturated carbocycles. The summed E-state index contributed by atoms with van der Waals surface area (Å²) >= 11 is 0. The van der Waals surface area contributed by atoms with Crippen LogP contribution < -0.4 is 5.73 Å². The summed E-state index contributed by atoms with van der Waals surface area (Å²) in [7, 11) is 0. The van der Waals surface area contributed by atoms with Gasteiger partial charge in [-0.25, -0.2) is 9.97 Å². The molecule has 0 aliphatic heterocycles. The quantitative estimate of drug-likeness (QED) is 0.844. The van der Waals surface area contributed by atoms with Crippen molar-refractivity contribution in [3.05, 3.63) is 18.2 Å². The van der Waals surface area contributed by atoms with Crippen LogP contribution in [0, 0.1) is 5.41 Å². The standard InChI is InChI=1S/C11H13N5O/c1-11(2)5-6(11)9-15-10(17-16-9)7-8(12)14-4-3-13-7/h3-4,6H,5H2,1-2H3,(H2,12,14). The summed E-state index contributed by atoms with van der Waals surface area (Å²) in [5.41, 5.74) is 6.43. The van der Waals surface area contributed by atoms with Gasteiger partial charge in [-0.05, 0) is 11.8 Å². The highest BCUT2D eigenvalue weighted by molar-refractivity contribution is 5.61. The van der Waals surface area contributed by atoms with E-state index in [1.807, 2.05) is 0 Å². The summed E-state index contributed by atoms with van der Waals surface area (Å²) in [5.74, 6) is 1.75. The maximum Gasteiger partial charge on any atom is 0.280 e. The second-order valence-corrected chi connectivity index (χ2v) is 4.99. The lowest BCUT2D eigenvalue weighted by atomic mass is 10.1. The van der Waals surface area contributed by atoms with Crippen LogP contribution in [0.15, 0.2) is 16.9 Å². The molecular formula is C11H13N5O. The van der Waals surface area contributed by atoms with Crippen LogP contribution in [0.4, 0.5) is 5.82 Å². The monoisotopic (exact) mass is 231 g/mol. The molecule has 1 aliphatic carbocycles. The summed E-state index contributed by atoms with van der Waals surface area (Å²) in [5, 5.41) is 3.98. The van der Waals surface area contributed by atoms with Gasteiger partial charge in [-0.1, -0.05) is 19.0 Å². The summed E-state index contributed by atoms with van der Waals surface area (Å²) in [4.78, 5) is 12.4. The molecule has 17 heavy (non-hydrogen) atoms. The van der Waals surface area contributed by atoms with E-state index in [1.165, 1.54) is 6.20 Å². The number of nitrogens with zero attached hydrogens (tertiary/aromatic N) is 4. The first-order valence-electron chi connectivity index (χ1n) is 5.48. The number of rotatable bonds is 2. The van der Waals surface area contributed by atoms with E-state index in [1.54, 1.807) is 6.20 Å². The zero-order valence-corrected chi connectivity index (χ0v) is 9.71. The van der Waals surface area contributed by atoms with Gasteiger partial charge in [-0.3, -0.25) is 0 Å². The molecule has 2 aromatic heterocycles. The van der Waals surface area contributed by atoms with Crippen LogP contribution in [0.5, 0.6) is 0 Å². The maximum absolute atomic E-state index is 5.71. The molecule has 3 rings (SSSR count). The lowest BCUT2D eigenvalue weighted by Crippen LogP contribution is -1.96. The predicted molar refractivity (Wildman–Crippen MR) is 60.9 cm³/mol. The highest BCUT2D eigenvalue weighted by atomic mass is 16.5. The van der Waals surface area contributed by atoms with E-state index in [0.29, 0.717) is 23.3 Å². The lowest BCUT2D eigenvalue weighted by Gasteiger charge is -1.96. The van der Waals surface area contributed by atoms with E-state index in [-0.39, 0.29) is 5.41 Å². The minimum Gasteiger partial charge on any atom is -0.382 e. The van der Waals surface area contributed by atoms with E-state index in [9.17, 15) is 0 Å². The normalized spacial score (nSPS) is 21.4. The van der Waals surface area contributed by atoms with Crippen molar-refractivity contribution in [3.63, 3.8) is 0 Å². The number of hydrogen-bond donors (Lipinski definition) is 1. The summed E-state index contributed by atoms with van der Waals surface area (Å²) in [6.07, 6.45) is 4.17. The van der Waals surface area contributed by atoms with Crippen molar-refractivity contribution >= 4 is 5.82 Å². The Labute approximate surface area is 98.3 Å². The highest BCUT2D eigenvalue weighted by Gasteiger charge is 2.49. The maximum atomic E-state index is 5.71. The molecule has 2 heterocycles. The van der Waals surface area contributed by atoms with Crippen LogP contribution in [0.25, 0.3) is 11.6 Å². The fourth-order valence-corrected chi connectivity index (χ4v) is 1.89. The van der Waals surface area contributed by atoms with Crippen molar-refractivity contribution in [2.24, 2.45) is 5.41 Å². The predicted octanol–water partition coefficient (Wildman–Crippen LogP) is 1.62. The van der Waals surface area contributed by atoms with Gasteiger partial charge in [-0.2, -0.15) is 4.98 Å². The minimum absolute atomic E-state index is 0.273. The van der Waals surface area contributed by atoms with E-state index in [4.69, 9.17) is 10.3 Å². The molecule has 0 bridgehead atoms. The summed E-state index contributed by atoms with van der Waals surface area (Å²) < 4.78 is 5.18. The minimum atomic E-state index is 0.273. The van der Waals surface area contributed by atoms with Gasteiger partial charge in [0.1, 0.15) is 0 Å². The van der Waals surface area contributed by atoms with Gasteiger partial charge in [0.25, 0.3) is 5.89 Å². The van der Waals surface area contributed by atoms with Crippen molar-refractivity contribution in [2.45, 2.75) is 26.2 Å². The van der Waals surface area contributed by atoms with Gasteiger partial charge in [0, 0.05) is 18.3 Å². The molecule has 0 aromatic carbocycles. The Morgan fingerprint density at radius 2 is 2.06 bits per heavy atom. The van der Waals surface area contributed by atoms with Gasteiger partial charge >= 0.3 is 0 Å². The Morgan fingerprint density at radius 1 is 1.35 bits per heavy atom. The fraction of sp³-hybridized carbons (Fsp3) is 0.455. The molecule has 1 atom stereocenters. The van der Waals surface area contributed by atoms with Crippen molar-refractivity contribution in [3.8, 4) is 11.6 Å². The molecule has 0 saturated heterocycles. The third kappa shape index (κ3) is 1.65. The van der Waals surface area contributed by atoms with E-state index in [0.717, 1.165) is 12.2 Å². The molecule has 0 amide bonds. The topological polar surface area (TPSA) is 90.7 Å². The Hall–Kier alpha value is -1.98.